The number of piperazine rings is 1. The molecule has 2 heterocycles. The number of carbonyl (C=O) groups is 2. The topological polar surface area (TPSA) is 64.1 Å². The normalized spacial score (nSPS) is 28.0. The van der Waals surface area contributed by atoms with Crippen LogP contribution in [0.1, 0.15) is 69.9 Å². The standard InChI is InChI=1S/C27H37F4N3O3/c1-25(2,3)34-11-10-26(28,17-34)24(37)33-14-12-32(13-15-33)22-9-8-20(27(29,30)31)16-21(22)18-4-6-19(7-5-18)23(35)36/h8-9,16,18-19H,4-7,10-15,17H2,1-3H3,(H,35,36)/t18-,19-,26-/m1/s1. The van der Waals surface area contributed by atoms with Crippen LogP contribution >= 0.6 is 0 Å². The number of carboxylic acid groups (broad SMARTS) is 1. The molecule has 1 aromatic rings. The largest absolute Gasteiger partial charge is 0.481 e. The molecule has 10 heteroatoms. The second kappa shape index (κ2) is 10.1. The van der Waals surface area contributed by atoms with Gasteiger partial charge < -0.3 is 14.9 Å². The molecule has 3 fully saturated rings. The summed E-state index contributed by atoms with van der Waals surface area (Å²) in [5.74, 6) is -1.98. The Morgan fingerprint density at radius 3 is 2.11 bits per heavy atom. The highest BCUT2D eigenvalue weighted by Crippen LogP contribution is 2.43. The van der Waals surface area contributed by atoms with Gasteiger partial charge in [0.1, 0.15) is 0 Å². The van der Waals surface area contributed by atoms with Gasteiger partial charge in [0, 0.05) is 56.9 Å². The Labute approximate surface area is 215 Å². The highest BCUT2D eigenvalue weighted by molar-refractivity contribution is 5.86. The van der Waals surface area contributed by atoms with Crippen LogP contribution in [-0.2, 0) is 15.8 Å². The van der Waals surface area contributed by atoms with Crippen LogP contribution in [0.5, 0.6) is 0 Å². The zero-order chi connectivity index (χ0) is 27.2. The van der Waals surface area contributed by atoms with Gasteiger partial charge in [-0.2, -0.15) is 13.2 Å². The summed E-state index contributed by atoms with van der Waals surface area (Å²) in [6, 6.07) is 3.78. The molecular formula is C27H37F4N3O3. The Morgan fingerprint density at radius 1 is 0.973 bits per heavy atom. The predicted molar refractivity (Wildman–Crippen MR) is 132 cm³/mol. The molecule has 0 spiro atoms. The van der Waals surface area contributed by atoms with E-state index in [2.05, 4.69) is 0 Å². The number of nitrogens with zero attached hydrogens (tertiary/aromatic N) is 3. The smallest absolute Gasteiger partial charge is 0.416 e. The van der Waals surface area contributed by atoms with Crippen molar-refractivity contribution in [3.8, 4) is 0 Å². The number of likely N-dealkylation sites (tertiary alicyclic amines) is 1. The van der Waals surface area contributed by atoms with Crippen LogP contribution in [0.25, 0.3) is 0 Å². The van der Waals surface area contributed by atoms with Gasteiger partial charge in [-0.3, -0.25) is 14.5 Å². The highest BCUT2D eigenvalue weighted by atomic mass is 19.4. The molecule has 1 amide bonds. The van der Waals surface area contributed by atoms with Crippen LogP contribution in [0, 0.1) is 5.92 Å². The first-order chi connectivity index (χ1) is 17.2. The number of rotatable bonds is 4. The lowest BCUT2D eigenvalue weighted by atomic mass is 9.77. The zero-order valence-corrected chi connectivity index (χ0v) is 21.8. The summed E-state index contributed by atoms with van der Waals surface area (Å²) in [7, 11) is 0. The van der Waals surface area contributed by atoms with E-state index >= 15 is 4.39 Å². The first kappa shape index (κ1) is 27.7. The predicted octanol–water partition coefficient (Wildman–Crippen LogP) is 4.92. The number of carboxylic acids is 1. The van der Waals surface area contributed by atoms with Crippen molar-refractivity contribution in [1.82, 2.24) is 9.80 Å². The van der Waals surface area contributed by atoms with Crippen molar-refractivity contribution < 1.29 is 32.3 Å². The number of alkyl halides is 4. The lowest BCUT2D eigenvalue weighted by molar-refractivity contribution is -0.144. The molecule has 1 aromatic carbocycles. The first-order valence-corrected chi connectivity index (χ1v) is 13.1. The molecule has 1 aliphatic carbocycles. The average molecular weight is 528 g/mol. The van der Waals surface area contributed by atoms with Gasteiger partial charge in [-0.1, -0.05) is 0 Å². The number of amides is 1. The van der Waals surface area contributed by atoms with E-state index in [4.69, 9.17) is 0 Å². The lowest BCUT2D eigenvalue weighted by Crippen LogP contribution is -2.56. The quantitative estimate of drug-likeness (QED) is 0.563. The molecule has 37 heavy (non-hydrogen) atoms. The number of hydrogen-bond donors (Lipinski definition) is 1. The van der Waals surface area contributed by atoms with Crippen molar-refractivity contribution in [1.29, 1.82) is 0 Å². The Morgan fingerprint density at radius 2 is 1.59 bits per heavy atom. The van der Waals surface area contributed by atoms with E-state index in [0.29, 0.717) is 69.7 Å². The van der Waals surface area contributed by atoms with Gasteiger partial charge in [-0.15, -0.1) is 0 Å². The number of aliphatic carboxylic acids is 1. The summed E-state index contributed by atoms with van der Waals surface area (Å²) in [5, 5.41) is 9.31. The maximum atomic E-state index is 15.6. The number of hydrogen-bond acceptors (Lipinski definition) is 4. The summed E-state index contributed by atoms with van der Waals surface area (Å²) in [5.41, 5.74) is -1.59. The molecule has 0 aromatic heterocycles. The van der Waals surface area contributed by atoms with Gasteiger partial charge in [0.05, 0.1) is 11.5 Å². The van der Waals surface area contributed by atoms with E-state index in [0.717, 1.165) is 6.07 Å². The van der Waals surface area contributed by atoms with Gasteiger partial charge in [0.2, 0.25) is 5.67 Å². The SMILES string of the molecule is CC(C)(C)N1CC[C@](F)(C(=O)N2CCN(c3ccc(C(F)(F)F)cc3[C@H]3CC[C@H](C(=O)O)CC3)CC2)C1. The number of anilines is 1. The molecule has 3 aliphatic rings. The van der Waals surface area contributed by atoms with E-state index in [1.54, 1.807) is 4.90 Å². The maximum Gasteiger partial charge on any atom is 0.416 e. The molecule has 1 N–H and O–H groups in total. The molecule has 0 unspecified atom stereocenters. The monoisotopic (exact) mass is 527 g/mol. The molecular weight excluding hydrogens is 490 g/mol. The van der Waals surface area contributed by atoms with Gasteiger partial charge in [0.25, 0.3) is 5.91 Å². The Bertz CT molecular complexity index is 1010. The van der Waals surface area contributed by atoms with Crippen molar-refractivity contribution in [3.63, 3.8) is 0 Å². The van der Waals surface area contributed by atoms with Crippen LogP contribution < -0.4 is 4.90 Å². The zero-order valence-electron chi connectivity index (χ0n) is 21.8. The molecule has 206 valence electrons. The molecule has 4 rings (SSSR count). The van der Waals surface area contributed by atoms with Crippen LogP contribution in [0.4, 0.5) is 23.2 Å². The van der Waals surface area contributed by atoms with Crippen LogP contribution in [-0.4, -0.2) is 77.3 Å². The Hall–Kier alpha value is -2.36. The van der Waals surface area contributed by atoms with Crippen LogP contribution in [0.2, 0.25) is 0 Å². The highest BCUT2D eigenvalue weighted by Gasteiger charge is 2.49. The molecule has 0 bridgehead atoms. The molecule has 1 atom stereocenters. The van der Waals surface area contributed by atoms with E-state index in [1.807, 2.05) is 30.6 Å². The average Bonchev–Trinajstić information content (AvgIpc) is 3.27. The second-order valence-electron chi connectivity index (χ2n) is 11.7. The molecule has 2 aliphatic heterocycles. The fourth-order valence-corrected chi connectivity index (χ4v) is 5.95. The Kier molecular flexibility index (Phi) is 7.53. The third-order valence-corrected chi connectivity index (χ3v) is 8.33. The number of halogens is 4. The minimum absolute atomic E-state index is 0.0671. The molecule has 1 saturated carbocycles. The molecule has 6 nitrogen and oxygen atoms in total. The number of carbonyl (C=O) groups excluding carboxylic acids is 1. The van der Waals surface area contributed by atoms with E-state index < -0.39 is 35.2 Å². The summed E-state index contributed by atoms with van der Waals surface area (Å²) in [4.78, 5) is 30.0. The Balaban J connectivity index is 1.48. The third kappa shape index (κ3) is 5.89. The van der Waals surface area contributed by atoms with Crippen molar-refractivity contribution in [2.75, 3.05) is 44.2 Å². The lowest BCUT2D eigenvalue weighted by Gasteiger charge is -2.40. The van der Waals surface area contributed by atoms with Crippen molar-refractivity contribution >= 4 is 17.6 Å². The maximum absolute atomic E-state index is 15.6. The second-order valence-corrected chi connectivity index (χ2v) is 11.7. The fourth-order valence-electron chi connectivity index (χ4n) is 5.95. The molecule has 2 saturated heterocycles. The van der Waals surface area contributed by atoms with Crippen LogP contribution in [0.15, 0.2) is 18.2 Å². The van der Waals surface area contributed by atoms with Gasteiger partial charge in [0.15, 0.2) is 0 Å². The van der Waals surface area contributed by atoms with Gasteiger partial charge >= 0.3 is 12.1 Å². The summed E-state index contributed by atoms with van der Waals surface area (Å²) in [6.07, 6.45) is -2.43. The van der Waals surface area contributed by atoms with E-state index in [9.17, 15) is 27.9 Å². The van der Waals surface area contributed by atoms with Crippen molar-refractivity contribution in [3.05, 3.63) is 29.3 Å². The fraction of sp³-hybridized carbons (Fsp3) is 0.704. The van der Waals surface area contributed by atoms with E-state index in [-0.39, 0.29) is 24.4 Å². The minimum Gasteiger partial charge on any atom is -0.481 e. The van der Waals surface area contributed by atoms with Gasteiger partial charge in [-0.05, 0) is 76.1 Å². The van der Waals surface area contributed by atoms with E-state index in [1.165, 1.54) is 12.1 Å². The van der Waals surface area contributed by atoms with Crippen LogP contribution in [0.3, 0.4) is 0 Å². The third-order valence-electron chi connectivity index (χ3n) is 8.33. The summed E-state index contributed by atoms with van der Waals surface area (Å²) < 4.78 is 56.2. The minimum atomic E-state index is -4.48. The first-order valence-electron chi connectivity index (χ1n) is 13.1. The number of benzene rings is 1. The van der Waals surface area contributed by atoms with Crippen molar-refractivity contribution in [2.45, 2.75) is 76.2 Å². The molecule has 0 radical (unpaired) electrons. The summed E-state index contributed by atoms with van der Waals surface area (Å²) in [6.45, 7) is 7.97. The van der Waals surface area contributed by atoms with Gasteiger partial charge in [-0.25, -0.2) is 4.39 Å². The van der Waals surface area contributed by atoms with Crippen molar-refractivity contribution in [2.24, 2.45) is 5.92 Å². The summed E-state index contributed by atoms with van der Waals surface area (Å²) >= 11 is 0.